The SMILES string of the molecule is C=C1C(=O)OC2C(CC)OC(O)C12. The van der Waals surface area contributed by atoms with Crippen molar-refractivity contribution in [2.75, 3.05) is 0 Å². The van der Waals surface area contributed by atoms with Gasteiger partial charge in [-0.3, -0.25) is 0 Å². The summed E-state index contributed by atoms with van der Waals surface area (Å²) in [5.74, 6) is -0.770. The maximum absolute atomic E-state index is 11.1. The second kappa shape index (κ2) is 2.82. The summed E-state index contributed by atoms with van der Waals surface area (Å²) in [6.07, 6.45) is -0.740. The standard InChI is InChI=1S/C9H12O4/c1-3-5-7-6(9(11)12-5)4(2)8(10)13-7/h5-7,9,11H,2-3H2,1H3. The van der Waals surface area contributed by atoms with E-state index < -0.39 is 12.3 Å². The first-order valence-electron chi connectivity index (χ1n) is 4.38. The normalized spacial score (nSPS) is 43.5. The van der Waals surface area contributed by atoms with E-state index in [1.54, 1.807) is 0 Å². The van der Waals surface area contributed by atoms with Crippen LogP contribution in [0.1, 0.15) is 13.3 Å². The molecular weight excluding hydrogens is 172 g/mol. The van der Waals surface area contributed by atoms with Crippen LogP contribution in [0.25, 0.3) is 0 Å². The molecule has 2 aliphatic rings. The molecule has 1 N–H and O–H groups in total. The molecule has 0 aromatic carbocycles. The minimum Gasteiger partial charge on any atom is -0.455 e. The Bertz CT molecular complexity index is 260. The topological polar surface area (TPSA) is 55.8 Å². The lowest BCUT2D eigenvalue weighted by atomic mass is 9.95. The van der Waals surface area contributed by atoms with Gasteiger partial charge in [-0.2, -0.15) is 0 Å². The zero-order chi connectivity index (χ0) is 9.59. The number of aliphatic hydroxyl groups is 1. The Kier molecular flexibility index (Phi) is 1.89. The molecular formula is C9H12O4. The van der Waals surface area contributed by atoms with Gasteiger partial charge >= 0.3 is 5.97 Å². The number of carbonyl (C=O) groups is 1. The summed E-state index contributed by atoms with van der Waals surface area (Å²) in [5, 5.41) is 9.47. The summed E-state index contributed by atoms with van der Waals surface area (Å²) in [4.78, 5) is 11.1. The number of ether oxygens (including phenoxy) is 2. The Morgan fingerprint density at radius 3 is 2.92 bits per heavy atom. The molecule has 0 spiro atoms. The zero-order valence-electron chi connectivity index (χ0n) is 7.40. The molecule has 72 valence electrons. The quantitative estimate of drug-likeness (QED) is 0.467. The molecule has 13 heavy (non-hydrogen) atoms. The highest BCUT2D eigenvalue weighted by Gasteiger charge is 2.53. The fraction of sp³-hybridized carbons (Fsp3) is 0.667. The van der Waals surface area contributed by atoms with Crippen LogP contribution in [0.3, 0.4) is 0 Å². The number of hydrogen-bond donors (Lipinski definition) is 1. The predicted molar refractivity (Wildman–Crippen MR) is 43.7 cm³/mol. The number of esters is 1. The Morgan fingerprint density at radius 2 is 2.31 bits per heavy atom. The largest absolute Gasteiger partial charge is 0.455 e. The Morgan fingerprint density at radius 1 is 1.62 bits per heavy atom. The van der Waals surface area contributed by atoms with E-state index in [1.165, 1.54) is 0 Å². The minimum absolute atomic E-state index is 0.191. The monoisotopic (exact) mass is 184 g/mol. The van der Waals surface area contributed by atoms with Gasteiger partial charge in [-0.25, -0.2) is 4.79 Å². The van der Waals surface area contributed by atoms with Gasteiger partial charge in [0.1, 0.15) is 6.10 Å². The van der Waals surface area contributed by atoms with Gasteiger partial charge in [0.2, 0.25) is 0 Å². The number of carbonyl (C=O) groups excluding carboxylic acids is 1. The lowest BCUT2D eigenvalue weighted by molar-refractivity contribution is -0.146. The van der Waals surface area contributed by atoms with Crippen LogP contribution in [0.5, 0.6) is 0 Å². The summed E-state index contributed by atoms with van der Waals surface area (Å²) < 4.78 is 10.3. The molecule has 0 aliphatic carbocycles. The highest BCUT2D eigenvalue weighted by Crippen LogP contribution is 2.39. The summed E-state index contributed by atoms with van der Waals surface area (Å²) in [5.41, 5.74) is 0.327. The average molecular weight is 184 g/mol. The van der Waals surface area contributed by atoms with Crippen LogP contribution in [0.15, 0.2) is 12.2 Å². The molecule has 0 radical (unpaired) electrons. The maximum atomic E-state index is 11.1. The number of rotatable bonds is 1. The highest BCUT2D eigenvalue weighted by atomic mass is 16.7. The van der Waals surface area contributed by atoms with E-state index in [-0.39, 0.29) is 18.1 Å². The molecule has 0 aromatic heterocycles. The summed E-state index contributed by atoms with van der Waals surface area (Å²) in [6, 6.07) is 0. The first-order chi connectivity index (χ1) is 6.15. The van der Waals surface area contributed by atoms with Gasteiger partial charge in [0.25, 0.3) is 0 Å². The smallest absolute Gasteiger partial charge is 0.334 e. The van der Waals surface area contributed by atoms with Crippen LogP contribution in [0.2, 0.25) is 0 Å². The van der Waals surface area contributed by atoms with Crippen LogP contribution in [0, 0.1) is 5.92 Å². The lowest BCUT2D eigenvalue weighted by Crippen LogP contribution is -2.24. The summed E-state index contributed by atoms with van der Waals surface area (Å²) in [7, 11) is 0. The number of hydrogen-bond acceptors (Lipinski definition) is 4. The number of aliphatic hydroxyl groups excluding tert-OH is 1. The van der Waals surface area contributed by atoms with Gasteiger partial charge in [0.15, 0.2) is 6.29 Å². The van der Waals surface area contributed by atoms with Crippen molar-refractivity contribution in [1.82, 2.24) is 0 Å². The van der Waals surface area contributed by atoms with Gasteiger partial charge in [0, 0.05) is 5.57 Å². The molecule has 4 atom stereocenters. The molecule has 4 unspecified atom stereocenters. The van der Waals surface area contributed by atoms with Gasteiger partial charge in [-0.1, -0.05) is 13.5 Å². The first kappa shape index (κ1) is 8.72. The van der Waals surface area contributed by atoms with Crippen molar-refractivity contribution >= 4 is 5.97 Å². The van der Waals surface area contributed by atoms with Crippen molar-refractivity contribution in [2.24, 2.45) is 5.92 Å². The minimum atomic E-state index is -0.936. The fourth-order valence-corrected chi connectivity index (χ4v) is 1.92. The molecule has 0 bridgehead atoms. The predicted octanol–water partition coefficient (Wildman–Crippen LogP) is 0.211. The summed E-state index contributed by atoms with van der Waals surface area (Å²) >= 11 is 0. The Labute approximate surface area is 76.1 Å². The van der Waals surface area contributed by atoms with Crippen LogP contribution in [-0.2, 0) is 14.3 Å². The van der Waals surface area contributed by atoms with E-state index in [4.69, 9.17) is 9.47 Å². The Balaban J connectivity index is 2.24. The second-order valence-corrected chi connectivity index (χ2v) is 3.39. The van der Waals surface area contributed by atoms with E-state index in [0.29, 0.717) is 5.57 Å². The molecule has 0 aromatic rings. The lowest BCUT2D eigenvalue weighted by Gasteiger charge is -2.12. The maximum Gasteiger partial charge on any atom is 0.334 e. The van der Waals surface area contributed by atoms with Crippen LogP contribution < -0.4 is 0 Å². The fourth-order valence-electron chi connectivity index (χ4n) is 1.92. The zero-order valence-corrected chi connectivity index (χ0v) is 7.40. The molecule has 2 saturated heterocycles. The van der Waals surface area contributed by atoms with E-state index in [9.17, 15) is 9.90 Å². The van der Waals surface area contributed by atoms with Crippen LogP contribution >= 0.6 is 0 Å². The molecule has 4 nitrogen and oxygen atoms in total. The van der Waals surface area contributed by atoms with E-state index in [0.717, 1.165) is 6.42 Å². The molecule has 4 heteroatoms. The highest BCUT2D eigenvalue weighted by molar-refractivity contribution is 5.91. The van der Waals surface area contributed by atoms with Crippen molar-refractivity contribution in [2.45, 2.75) is 31.8 Å². The third-order valence-electron chi connectivity index (χ3n) is 2.65. The molecule has 2 rings (SSSR count). The molecule has 0 saturated carbocycles. The van der Waals surface area contributed by atoms with Gasteiger partial charge in [-0.15, -0.1) is 0 Å². The molecule has 2 aliphatic heterocycles. The van der Waals surface area contributed by atoms with Crippen molar-refractivity contribution < 1.29 is 19.4 Å². The van der Waals surface area contributed by atoms with Crippen LogP contribution in [-0.4, -0.2) is 29.6 Å². The molecule has 2 heterocycles. The molecule has 0 amide bonds. The van der Waals surface area contributed by atoms with Crippen molar-refractivity contribution in [3.8, 4) is 0 Å². The van der Waals surface area contributed by atoms with Gasteiger partial charge < -0.3 is 14.6 Å². The average Bonchev–Trinajstić information content (AvgIpc) is 2.54. The van der Waals surface area contributed by atoms with Crippen molar-refractivity contribution in [3.05, 3.63) is 12.2 Å². The van der Waals surface area contributed by atoms with Crippen molar-refractivity contribution in [3.63, 3.8) is 0 Å². The number of fused-ring (bicyclic) bond motifs is 1. The van der Waals surface area contributed by atoms with Gasteiger partial charge in [0.05, 0.1) is 12.0 Å². The Hall–Kier alpha value is -0.870. The van der Waals surface area contributed by atoms with Crippen molar-refractivity contribution in [1.29, 1.82) is 0 Å². The van der Waals surface area contributed by atoms with E-state index >= 15 is 0 Å². The second-order valence-electron chi connectivity index (χ2n) is 3.39. The third-order valence-corrected chi connectivity index (χ3v) is 2.65. The van der Waals surface area contributed by atoms with Gasteiger partial charge in [-0.05, 0) is 6.42 Å². The summed E-state index contributed by atoms with van der Waals surface area (Å²) in [6.45, 7) is 5.51. The van der Waals surface area contributed by atoms with E-state index in [1.807, 2.05) is 6.92 Å². The van der Waals surface area contributed by atoms with E-state index in [2.05, 4.69) is 6.58 Å². The third kappa shape index (κ3) is 1.09. The van der Waals surface area contributed by atoms with Crippen LogP contribution in [0.4, 0.5) is 0 Å². The first-order valence-corrected chi connectivity index (χ1v) is 4.38. The molecule has 2 fully saturated rings.